The van der Waals surface area contributed by atoms with Crippen molar-refractivity contribution in [1.82, 2.24) is 4.57 Å². The molecule has 0 amide bonds. The van der Waals surface area contributed by atoms with Gasteiger partial charge in [-0.15, -0.1) is 0 Å². The van der Waals surface area contributed by atoms with Crippen LogP contribution in [-0.2, 0) is 6.54 Å². The summed E-state index contributed by atoms with van der Waals surface area (Å²) in [6.45, 7) is 6.90. The van der Waals surface area contributed by atoms with Crippen LogP contribution in [0.5, 0.6) is 17.2 Å². The lowest BCUT2D eigenvalue weighted by atomic mass is 10.1. The van der Waals surface area contributed by atoms with E-state index in [1.807, 2.05) is 19.9 Å². The van der Waals surface area contributed by atoms with Gasteiger partial charge in [-0.05, 0) is 38.5 Å². The van der Waals surface area contributed by atoms with Crippen LogP contribution < -0.4 is 15.0 Å². The summed E-state index contributed by atoms with van der Waals surface area (Å²) in [6, 6.07) is 4.92. The largest absolute Gasteiger partial charge is 0.508 e. The topological polar surface area (TPSA) is 60.7 Å². The maximum atomic E-state index is 12.9. The molecule has 0 fully saturated rings. The molecule has 0 unspecified atom stereocenters. The lowest BCUT2D eigenvalue weighted by molar-refractivity contribution is 0.320. The number of hydrogen-bond acceptors (Lipinski definition) is 4. The fraction of sp³-hybridized carbons (Fsp3) is 0.421. The normalized spacial score (nSPS) is 10.7. The molecule has 2 rings (SSSR count). The Labute approximate surface area is 142 Å². The molecule has 0 atom stereocenters. The first-order chi connectivity index (χ1) is 11.5. The van der Waals surface area contributed by atoms with E-state index in [0.29, 0.717) is 24.4 Å². The Balaban J connectivity index is 2.67. The number of aromatic hydroxyl groups is 1. The van der Waals surface area contributed by atoms with Crippen LogP contribution in [0.2, 0.25) is 0 Å². The molecule has 130 valence electrons. The average molecular weight is 331 g/mol. The summed E-state index contributed by atoms with van der Waals surface area (Å²) in [6.07, 6.45) is 3.74. The summed E-state index contributed by atoms with van der Waals surface area (Å²) < 4.78 is 12.8. The highest BCUT2D eigenvalue weighted by atomic mass is 16.5. The Kier molecular flexibility index (Phi) is 5.90. The van der Waals surface area contributed by atoms with Gasteiger partial charge < -0.3 is 19.1 Å². The van der Waals surface area contributed by atoms with Crippen molar-refractivity contribution in [3.8, 4) is 17.2 Å². The zero-order valence-corrected chi connectivity index (χ0v) is 14.8. The van der Waals surface area contributed by atoms with Crippen molar-refractivity contribution in [2.75, 3.05) is 13.7 Å². The number of aromatic nitrogens is 1. The highest BCUT2D eigenvalue weighted by Gasteiger charge is 2.19. The SMILES string of the molecule is CCCCn1c(=O)c(OCC=C(C)C)c(OC)c2ccc(O)cc21. The Bertz CT molecular complexity index is 801. The van der Waals surface area contributed by atoms with Crippen molar-refractivity contribution >= 4 is 10.9 Å². The van der Waals surface area contributed by atoms with Crippen molar-refractivity contribution in [3.63, 3.8) is 0 Å². The van der Waals surface area contributed by atoms with Gasteiger partial charge in [0.25, 0.3) is 5.56 Å². The van der Waals surface area contributed by atoms with Crippen molar-refractivity contribution < 1.29 is 14.6 Å². The van der Waals surface area contributed by atoms with Gasteiger partial charge in [0.1, 0.15) is 12.4 Å². The quantitative estimate of drug-likeness (QED) is 0.783. The van der Waals surface area contributed by atoms with E-state index in [9.17, 15) is 9.90 Å². The summed E-state index contributed by atoms with van der Waals surface area (Å²) >= 11 is 0. The second kappa shape index (κ2) is 7.90. The van der Waals surface area contributed by atoms with E-state index in [0.717, 1.165) is 23.8 Å². The molecular formula is C19H25NO4. The fourth-order valence-electron chi connectivity index (χ4n) is 2.55. The minimum atomic E-state index is -0.236. The predicted octanol–water partition coefficient (Wildman–Crippen LogP) is 3.86. The van der Waals surface area contributed by atoms with Gasteiger partial charge in [-0.25, -0.2) is 0 Å². The molecule has 0 saturated carbocycles. The van der Waals surface area contributed by atoms with E-state index in [2.05, 4.69) is 6.92 Å². The van der Waals surface area contributed by atoms with Crippen molar-refractivity contribution in [1.29, 1.82) is 0 Å². The molecule has 5 nitrogen and oxygen atoms in total. The molecule has 1 N–H and O–H groups in total. The van der Waals surface area contributed by atoms with Crippen LogP contribution in [0.1, 0.15) is 33.6 Å². The summed E-state index contributed by atoms with van der Waals surface area (Å²) in [7, 11) is 1.52. The van der Waals surface area contributed by atoms with Gasteiger partial charge in [0.15, 0.2) is 5.75 Å². The Hall–Kier alpha value is -2.43. The number of methoxy groups -OCH3 is 1. The molecule has 0 aliphatic heterocycles. The highest BCUT2D eigenvalue weighted by Crippen LogP contribution is 2.34. The maximum Gasteiger partial charge on any atom is 0.297 e. The summed E-state index contributed by atoms with van der Waals surface area (Å²) in [5, 5.41) is 10.6. The van der Waals surface area contributed by atoms with Crippen LogP contribution in [0.25, 0.3) is 10.9 Å². The highest BCUT2D eigenvalue weighted by molar-refractivity contribution is 5.89. The second-order valence-corrected chi connectivity index (χ2v) is 5.97. The molecule has 1 aromatic heterocycles. The zero-order valence-electron chi connectivity index (χ0n) is 14.8. The van der Waals surface area contributed by atoms with E-state index < -0.39 is 0 Å². The van der Waals surface area contributed by atoms with Gasteiger partial charge >= 0.3 is 0 Å². The van der Waals surface area contributed by atoms with Gasteiger partial charge in [0, 0.05) is 18.0 Å². The Morgan fingerprint density at radius 3 is 2.67 bits per heavy atom. The van der Waals surface area contributed by atoms with Crippen molar-refractivity contribution in [3.05, 3.63) is 40.2 Å². The molecular weight excluding hydrogens is 306 g/mol. The number of hydrogen-bond donors (Lipinski definition) is 1. The molecule has 1 aromatic carbocycles. The Morgan fingerprint density at radius 1 is 1.29 bits per heavy atom. The van der Waals surface area contributed by atoms with E-state index >= 15 is 0 Å². The van der Waals surface area contributed by atoms with Crippen LogP contribution in [0, 0.1) is 0 Å². The van der Waals surface area contributed by atoms with Crippen LogP contribution >= 0.6 is 0 Å². The number of ether oxygens (including phenoxy) is 2. The minimum absolute atomic E-state index is 0.118. The minimum Gasteiger partial charge on any atom is -0.508 e. The van der Waals surface area contributed by atoms with Gasteiger partial charge in [-0.3, -0.25) is 4.79 Å². The average Bonchev–Trinajstić information content (AvgIpc) is 2.54. The predicted molar refractivity (Wildman–Crippen MR) is 96.3 cm³/mol. The van der Waals surface area contributed by atoms with Gasteiger partial charge in [0.05, 0.1) is 12.6 Å². The van der Waals surface area contributed by atoms with E-state index in [-0.39, 0.29) is 17.1 Å². The number of fused-ring (bicyclic) bond motifs is 1. The lowest BCUT2D eigenvalue weighted by Crippen LogP contribution is -2.23. The third-order valence-corrected chi connectivity index (χ3v) is 3.82. The second-order valence-electron chi connectivity index (χ2n) is 5.97. The number of pyridine rings is 1. The van der Waals surface area contributed by atoms with Crippen molar-refractivity contribution in [2.45, 2.75) is 40.2 Å². The van der Waals surface area contributed by atoms with E-state index in [1.165, 1.54) is 7.11 Å². The van der Waals surface area contributed by atoms with Crippen LogP contribution in [-0.4, -0.2) is 23.4 Å². The maximum absolute atomic E-state index is 12.9. The third kappa shape index (κ3) is 3.72. The van der Waals surface area contributed by atoms with Crippen LogP contribution in [0.4, 0.5) is 0 Å². The van der Waals surface area contributed by atoms with Gasteiger partial charge in [-0.2, -0.15) is 0 Å². The third-order valence-electron chi connectivity index (χ3n) is 3.82. The number of phenols is 1. The summed E-state index contributed by atoms with van der Waals surface area (Å²) in [4.78, 5) is 12.9. The van der Waals surface area contributed by atoms with Gasteiger partial charge in [0.2, 0.25) is 5.75 Å². The molecule has 1 heterocycles. The number of phenolic OH excluding ortho intramolecular Hbond substituents is 1. The first-order valence-corrected chi connectivity index (χ1v) is 8.19. The number of unbranched alkanes of at least 4 members (excludes halogenated alkanes) is 1. The number of benzene rings is 1. The van der Waals surface area contributed by atoms with E-state index in [1.54, 1.807) is 22.8 Å². The van der Waals surface area contributed by atoms with Crippen molar-refractivity contribution in [2.24, 2.45) is 0 Å². The fourth-order valence-corrected chi connectivity index (χ4v) is 2.55. The summed E-state index contributed by atoms with van der Waals surface area (Å²) in [5.74, 6) is 0.738. The Morgan fingerprint density at radius 2 is 2.04 bits per heavy atom. The molecule has 2 aromatic rings. The van der Waals surface area contributed by atoms with Crippen LogP contribution in [0.3, 0.4) is 0 Å². The van der Waals surface area contributed by atoms with Crippen LogP contribution in [0.15, 0.2) is 34.6 Å². The standard InChI is InChI=1S/C19H25NO4/c1-5-6-10-20-16-12-14(21)7-8-15(16)17(23-4)18(19(20)22)24-11-9-13(2)3/h7-9,12,21H,5-6,10-11H2,1-4H3. The number of aryl methyl sites for hydroxylation is 1. The molecule has 0 aliphatic carbocycles. The number of nitrogens with zero attached hydrogens (tertiary/aromatic N) is 1. The summed E-state index contributed by atoms with van der Waals surface area (Å²) in [5.41, 5.74) is 1.53. The number of rotatable bonds is 7. The molecule has 0 aliphatic rings. The monoisotopic (exact) mass is 331 g/mol. The molecule has 5 heteroatoms. The van der Waals surface area contributed by atoms with Gasteiger partial charge in [-0.1, -0.05) is 18.9 Å². The number of allylic oxidation sites excluding steroid dienone is 1. The first-order valence-electron chi connectivity index (χ1n) is 8.19. The lowest BCUT2D eigenvalue weighted by Gasteiger charge is -2.17. The molecule has 0 bridgehead atoms. The molecule has 0 spiro atoms. The molecule has 24 heavy (non-hydrogen) atoms. The van der Waals surface area contributed by atoms with E-state index in [4.69, 9.17) is 9.47 Å². The molecule has 0 radical (unpaired) electrons. The first kappa shape index (κ1) is 17.9. The molecule has 0 saturated heterocycles. The smallest absolute Gasteiger partial charge is 0.297 e. The zero-order chi connectivity index (χ0) is 17.7.